The molecule has 1 fully saturated rings. The second-order valence-corrected chi connectivity index (χ2v) is 7.72. The van der Waals surface area contributed by atoms with Gasteiger partial charge in [0.25, 0.3) is 5.91 Å². The van der Waals surface area contributed by atoms with Gasteiger partial charge in [0.15, 0.2) is 0 Å². The molecule has 3 aromatic rings. The first kappa shape index (κ1) is 17.7. The Hall–Kier alpha value is -2.66. The summed E-state index contributed by atoms with van der Waals surface area (Å²) in [6.07, 6.45) is 1.64. The predicted molar refractivity (Wildman–Crippen MR) is 107 cm³/mol. The molecule has 1 saturated heterocycles. The fraction of sp³-hybridized carbons (Fsp3) is 0.227. The van der Waals surface area contributed by atoms with E-state index < -0.39 is 0 Å². The van der Waals surface area contributed by atoms with Gasteiger partial charge in [0.05, 0.1) is 4.88 Å². The summed E-state index contributed by atoms with van der Waals surface area (Å²) in [5.41, 5.74) is 1.81. The maximum absolute atomic E-state index is 14.6. The molecule has 1 aliphatic rings. The lowest BCUT2D eigenvalue weighted by Gasteiger charge is -2.28. The summed E-state index contributed by atoms with van der Waals surface area (Å²) in [6.45, 7) is 5.48. The van der Waals surface area contributed by atoms with Crippen molar-refractivity contribution in [3.63, 3.8) is 0 Å². The summed E-state index contributed by atoms with van der Waals surface area (Å²) in [5, 5.41) is 0.489. The van der Waals surface area contributed by atoms with Crippen molar-refractivity contribution < 1.29 is 13.9 Å². The number of nitrogens with zero attached hydrogens (tertiary/aromatic N) is 1. The van der Waals surface area contributed by atoms with Gasteiger partial charge in [0, 0.05) is 28.7 Å². The van der Waals surface area contributed by atoms with Crippen LogP contribution in [-0.2, 0) is 6.61 Å². The molecule has 0 radical (unpaired) electrons. The number of hydrogen-bond donors (Lipinski definition) is 0. The Bertz CT molecular complexity index is 986. The van der Waals surface area contributed by atoms with Gasteiger partial charge in [-0.25, -0.2) is 4.39 Å². The summed E-state index contributed by atoms with van der Waals surface area (Å²) in [7, 11) is 0. The van der Waals surface area contributed by atoms with Crippen LogP contribution in [0.2, 0.25) is 0 Å². The number of ether oxygens (including phenoxy) is 1. The Labute approximate surface area is 161 Å². The van der Waals surface area contributed by atoms with Gasteiger partial charge in [-0.15, -0.1) is 11.3 Å². The molecule has 3 nitrogen and oxygen atoms in total. The van der Waals surface area contributed by atoms with Crippen molar-refractivity contribution in [2.45, 2.75) is 19.4 Å². The van der Waals surface area contributed by atoms with Crippen molar-refractivity contribution in [3.8, 4) is 5.75 Å². The van der Waals surface area contributed by atoms with Crippen molar-refractivity contribution in [1.29, 1.82) is 0 Å². The smallest absolute Gasteiger partial charge is 0.264 e. The molecular formula is C22H20FNO2S. The van der Waals surface area contributed by atoms with Gasteiger partial charge in [-0.05, 0) is 37.1 Å². The largest absolute Gasteiger partial charge is 0.489 e. The van der Waals surface area contributed by atoms with Gasteiger partial charge in [-0.2, -0.15) is 0 Å². The van der Waals surface area contributed by atoms with E-state index in [9.17, 15) is 9.18 Å². The van der Waals surface area contributed by atoms with Gasteiger partial charge in [0.2, 0.25) is 0 Å². The van der Waals surface area contributed by atoms with Crippen LogP contribution < -0.4 is 4.74 Å². The van der Waals surface area contributed by atoms with Gasteiger partial charge in [-0.3, -0.25) is 4.79 Å². The number of fused-ring (bicyclic) bond motifs is 1. The van der Waals surface area contributed by atoms with Crippen molar-refractivity contribution in [2.75, 3.05) is 13.1 Å². The summed E-state index contributed by atoms with van der Waals surface area (Å²) >= 11 is 1.34. The molecule has 0 atom stereocenters. The van der Waals surface area contributed by atoms with Crippen LogP contribution in [0, 0.1) is 5.82 Å². The van der Waals surface area contributed by atoms with E-state index in [1.54, 1.807) is 6.07 Å². The van der Waals surface area contributed by atoms with E-state index in [0.29, 0.717) is 34.7 Å². The molecule has 138 valence electrons. The normalized spacial score (nSPS) is 14.6. The van der Waals surface area contributed by atoms with Gasteiger partial charge in [0.1, 0.15) is 18.2 Å². The highest BCUT2D eigenvalue weighted by molar-refractivity contribution is 7.21. The highest BCUT2D eigenvalue weighted by Crippen LogP contribution is 2.35. The Balaban J connectivity index is 1.69. The fourth-order valence-corrected chi connectivity index (χ4v) is 4.51. The first-order chi connectivity index (χ1) is 13.1. The molecule has 1 aliphatic heterocycles. The fourth-order valence-electron chi connectivity index (χ4n) is 3.32. The average Bonchev–Trinajstić information content (AvgIpc) is 3.07. The van der Waals surface area contributed by atoms with Crippen LogP contribution in [0.15, 0.2) is 60.7 Å². The number of halogens is 1. The number of likely N-dealkylation sites (tertiary alicyclic amines) is 1. The van der Waals surface area contributed by atoms with Crippen LogP contribution in [0.5, 0.6) is 5.75 Å². The number of carbonyl (C=O) groups is 1. The number of amides is 1. The maximum atomic E-state index is 14.6. The monoisotopic (exact) mass is 381 g/mol. The third kappa shape index (κ3) is 3.60. The van der Waals surface area contributed by atoms with Gasteiger partial charge >= 0.3 is 0 Å². The van der Waals surface area contributed by atoms with Gasteiger partial charge < -0.3 is 9.64 Å². The molecule has 0 N–H and O–H groups in total. The van der Waals surface area contributed by atoms with Crippen LogP contribution in [0.3, 0.4) is 0 Å². The van der Waals surface area contributed by atoms with E-state index in [0.717, 1.165) is 17.5 Å². The van der Waals surface area contributed by atoms with E-state index in [-0.39, 0.29) is 18.3 Å². The molecule has 1 amide bonds. The number of hydrogen-bond acceptors (Lipinski definition) is 3. The summed E-state index contributed by atoms with van der Waals surface area (Å²) in [4.78, 5) is 15.6. The molecule has 2 aromatic carbocycles. The van der Waals surface area contributed by atoms with Crippen LogP contribution in [0.25, 0.3) is 10.1 Å². The molecule has 4 rings (SSSR count). The SMILES string of the molecule is C=C1CCN(C(=O)c2sc3cccc(F)c3c2COc2ccccc2)CC1. The quantitative estimate of drug-likeness (QED) is 0.566. The second-order valence-electron chi connectivity index (χ2n) is 6.67. The van der Waals surface area contributed by atoms with Crippen molar-refractivity contribution in [2.24, 2.45) is 0 Å². The van der Waals surface area contributed by atoms with Crippen LogP contribution in [0.1, 0.15) is 28.1 Å². The summed E-state index contributed by atoms with van der Waals surface area (Å²) in [6, 6.07) is 14.3. The molecular weight excluding hydrogens is 361 g/mol. The lowest BCUT2D eigenvalue weighted by Crippen LogP contribution is -2.36. The van der Waals surface area contributed by atoms with E-state index in [4.69, 9.17) is 4.74 Å². The van der Waals surface area contributed by atoms with Crippen molar-refractivity contribution in [3.05, 3.63) is 76.9 Å². The van der Waals surface area contributed by atoms with Gasteiger partial charge in [-0.1, -0.05) is 36.4 Å². The standard InChI is InChI=1S/C22H20FNO2S/c1-15-10-12-24(13-11-15)22(25)21-17(14-26-16-6-3-2-4-7-16)20-18(23)8-5-9-19(20)27-21/h2-9H,1,10-14H2. The van der Waals surface area contributed by atoms with E-state index in [1.807, 2.05) is 41.3 Å². The third-order valence-electron chi connectivity index (χ3n) is 4.84. The highest BCUT2D eigenvalue weighted by atomic mass is 32.1. The number of para-hydroxylation sites is 1. The highest BCUT2D eigenvalue weighted by Gasteiger charge is 2.26. The first-order valence-corrected chi connectivity index (χ1v) is 9.79. The topological polar surface area (TPSA) is 29.5 Å². The molecule has 0 bridgehead atoms. The lowest BCUT2D eigenvalue weighted by atomic mass is 10.0. The second kappa shape index (κ2) is 7.53. The molecule has 2 heterocycles. The number of rotatable bonds is 4. The number of carbonyl (C=O) groups excluding carboxylic acids is 1. The molecule has 5 heteroatoms. The van der Waals surface area contributed by atoms with Crippen molar-refractivity contribution in [1.82, 2.24) is 4.90 Å². The average molecular weight is 381 g/mol. The Morgan fingerprint density at radius 1 is 1.11 bits per heavy atom. The predicted octanol–water partition coefficient (Wildman–Crippen LogP) is 5.41. The van der Waals surface area contributed by atoms with Crippen LogP contribution in [-0.4, -0.2) is 23.9 Å². The van der Waals surface area contributed by atoms with E-state index in [1.165, 1.54) is 23.0 Å². The lowest BCUT2D eigenvalue weighted by molar-refractivity contribution is 0.0746. The minimum Gasteiger partial charge on any atom is -0.489 e. The summed E-state index contributed by atoms with van der Waals surface area (Å²) < 4.78 is 21.2. The molecule has 27 heavy (non-hydrogen) atoms. The molecule has 1 aromatic heterocycles. The molecule has 0 unspecified atom stereocenters. The first-order valence-electron chi connectivity index (χ1n) is 8.97. The third-order valence-corrected chi connectivity index (χ3v) is 6.03. The Kier molecular flexibility index (Phi) is 4.94. The minimum atomic E-state index is -0.318. The zero-order valence-electron chi connectivity index (χ0n) is 14.9. The van der Waals surface area contributed by atoms with Crippen LogP contribution in [0.4, 0.5) is 4.39 Å². The van der Waals surface area contributed by atoms with Crippen molar-refractivity contribution >= 4 is 27.3 Å². The maximum Gasteiger partial charge on any atom is 0.264 e. The zero-order chi connectivity index (χ0) is 18.8. The molecule has 0 spiro atoms. The van der Waals surface area contributed by atoms with E-state index in [2.05, 4.69) is 6.58 Å². The number of piperidine rings is 1. The molecule has 0 aliphatic carbocycles. The minimum absolute atomic E-state index is 0.0465. The number of benzene rings is 2. The number of thiophene rings is 1. The van der Waals surface area contributed by atoms with Crippen LogP contribution >= 0.6 is 11.3 Å². The van der Waals surface area contributed by atoms with E-state index >= 15 is 0 Å². The Morgan fingerprint density at radius 2 is 1.85 bits per heavy atom. The summed E-state index contributed by atoms with van der Waals surface area (Å²) in [5.74, 6) is 0.331. The molecule has 0 saturated carbocycles. The Morgan fingerprint density at radius 3 is 2.59 bits per heavy atom. The zero-order valence-corrected chi connectivity index (χ0v) is 15.7.